The maximum absolute atomic E-state index is 11.7. The molecule has 0 amide bonds. The fraction of sp³-hybridized carbons (Fsp3) is 0.300. The van der Waals surface area contributed by atoms with Crippen LogP contribution in [0, 0.1) is 5.92 Å². The van der Waals surface area contributed by atoms with Crippen LogP contribution in [0.3, 0.4) is 0 Å². The number of halogens is 1. The van der Waals surface area contributed by atoms with E-state index in [1.807, 2.05) is 12.2 Å². The van der Waals surface area contributed by atoms with E-state index < -0.39 is 0 Å². The average Bonchev–Trinajstić information content (AvgIpc) is 2.19. The van der Waals surface area contributed by atoms with Gasteiger partial charge in [0.2, 0.25) is 0 Å². The molecule has 0 N–H and O–H groups in total. The highest BCUT2D eigenvalue weighted by Crippen LogP contribution is 2.37. The first-order valence-corrected chi connectivity index (χ1v) is 5.59. The predicted molar refractivity (Wildman–Crippen MR) is 56.7 cm³/mol. The minimum Gasteiger partial charge on any atom is -0.288 e. The number of allylic oxidation sites excluding steroid dienone is 5. The van der Waals surface area contributed by atoms with E-state index in [-0.39, 0.29) is 5.78 Å². The Labute approximate surface area is 86.5 Å². The van der Waals surface area contributed by atoms with Crippen molar-refractivity contribution in [1.29, 1.82) is 0 Å². The van der Waals surface area contributed by atoms with Crippen LogP contribution < -0.4 is 0 Å². The molecule has 13 heavy (non-hydrogen) atoms. The number of fused-ring (bicyclic) bond motifs is 1. The van der Waals surface area contributed by atoms with Gasteiger partial charge >= 0.3 is 0 Å². The Kier molecular flexibility index (Phi) is 2.61. The van der Waals surface area contributed by atoms with Crippen molar-refractivity contribution in [2.45, 2.75) is 6.42 Å². The van der Waals surface area contributed by atoms with E-state index >= 15 is 0 Å². The summed E-state index contributed by atoms with van der Waals surface area (Å²) in [5, 5.41) is 0. The van der Waals surface area contributed by atoms with Gasteiger partial charge in [0.05, 0.1) is 4.91 Å². The second-order valence-corrected chi connectivity index (χ2v) is 4.38. The highest BCUT2D eigenvalue weighted by Gasteiger charge is 2.29. The highest BCUT2D eigenvalue weighted by atomic mass is 35.5. The molecule has 1 unspecified atom stereocenters. The Morgan fingerprint density at radius 1 is 1.62 bits per heavy atom. The molecular weight excluding hydrogens is 204 g/mol. The van der Waals surface area contributed by atoms with Crippen molar-refractivity contribution in [1.82, 2.24) is 0 Å². The average molecular weight is 213 g/mol. The van der Waals surface area contributed by atoms with Crippen LogP contribution in [-0.4, -0.2) is 11.5 Å². The number of hydrogen-bond acceptors (Lipinski definition) is 2. The number of rotatable bonds is 0. The normalized spacial score (nSPS) is 30.2. The summed E-state index contributed by atoms with van der Waals surface area (Å²) in [5.41, 5.74) is 2.32. The molecule has 1 nitrogen and oxygen atoms in total. The van der Waals surface area contributed by atoms with Crippen molar-refractivity contribution in [3.8, 4) is 0 Å². The first-order valence-electron chi connectivity index (χ1n) is 4.17. The van der Waals surface area contributed by atoms with Crippen LogP contribution in [0.4, 0.5) is 0 Å². The van der Waals surface area contributed by atoms with Crippen LogP contribution in [0.15, 0.2) is 34.2 Å². The third-order valence-electron chi connectivity index (χ3n) is 2.30. The molecule has 0 spiro atoms. The molecule has 0 aromatic heterocycles. The lowest BCUT2D eigenvalue weighted by atomic mass is 9.90. The van der Waals surface area contributed by atoms with Crippen molar-refractivity contribution < 1.29 is 4.79 Å². The molecule has 3 heteroatoms. The molecule has 1 aliphatic heterocycles. The van der Waals surface area contributed by atoms with Gasteiger partial charge in [0.1, 0.15) is 0 Å². The standard InChI is InChI=1S/C10H9ClOS/c11-5-9-10(12)8-4-2-1-3-7(8)6-13-9/h1-2,4-5,7H,3,6H2/b9-5-. The van der Waals surface area contributed by atoms with Crippen LogP contribution in [0.5, 0.6) is 0 Å². The summed E-state index contributed by atoms with van der Waals surface area (Å²) in [6, 6.07) is 0. The topological polar surface area (TPSA) is 17.1 Å². The van der Waals surface area contributed by atoms with E-state index in [0.717, 1.165) is 17.7 Å². The fourth-order valence-electron chi connectivity index (χ4n) is 1.58. The molecular formula is C10H9ClOS. The van der Waals surface area contributed by atoms with E-state index in [0.29, 0.717) is 10.8 Å². The highest BCUT2D eigenvalue weighted by molar-refractivity contribution is 8.04. The van der Waals surface area contributed by atoms with Gasteiger partial charge in [0.25, 0.3) is 0 Å². The van der Waals surface area contributed by atoms with Gasteiger partial charge in [-0.15, -0.1) is 11.8 Å². The van der Waals surface area contributed by atoms with Crippen LogP contribution >= 0.6 is 23.4 Å². The van der Waals surface area contributed by atoms with Gasteiger partial charge in [-0.1, -0.05) is 29.8 Å². The maximum Gasteiger partial charge on any atom is 0.196 e. The van der Waals surface area contributed by atoms with E-state index in [9.17, 15) is 4.79 Å². The molecule has 1 fully saturated rings. The van der Waals surface area contributed by atoms with Gasteiger partial charge in [-0.3, -0.25) is 4.79 Å². The quantitative estimate of drug-likeness (QED) is 0.575. The summed E-state index contributed by atoms with van der Waals surface area (Å²) in [6.07, 6.45) is 6.96. The fourth-order valence-corrected chi connectivity index (χ4v) is 2.87. The molecule has 0 radical (unpaired) electrons. The molecule has 0 saturated carbocycles. The van der Waals surface area contributed by atoms with E-state index in [4.69, 9.17) is 11.6 Å². The molecule has 2 rings (SSSR count). The Bertz CT molecular complexity index is 328. The number of carbonyl (C=O) groups excluding carboxylic acids is 1. The molecule has 68 valence electrons. The summed E-state index contributed by atoms with van der Waals surface area (Å²) < 4.78 is 0. The lowest BCUT2D eigenvalue weighted by Gasteiger charge is -2.25. The molecule has 1 atom stereocenters. The largest absolute Gasteiger partial charge is 0.288 e. The summed E-state index contributed by atoms with van der Waals surface area (Å²) >= 11 is 7.12. The van der Waals surface area contributed by atoms with Crippen molar-refractivity contribution in [3.63, 3.8) is 0 Å². The predicted octanol–water partition coefficient (Wildman–Crippen LogP) is 2.89. The zero-order chi connectivity index (χ0) is 9.26. The monoisotopic (exact) mass is 212 g/mol. The number of hydrogen-bond donors (Lipinski definition) is 0. The van der Waals surface area contributed by atoms with E-state index in [1.54, 1.807) is 11.8 Å². The van der Waals surface area contributed by atoms with Crippen LogP contribution in [0.1, 0.15) is 6.42 Å². The van der Waals surface area contributed by atoms with Crippen molar-refractivity contribution in [2.24, 2.45) is 5.92 Å². The van der Waals surface area contributed by atoms with Crippen LogP contribution in [-0.2, 0) is 4.79 Å². The summed E-state index contributed by atoms with van der Waals surface area (Å²) in [4.78, 5) is 12.4. The Hall–Kier alpha value is -0.470. The molecule has 0 aromatic carbocycles. The SMILES string of the molecule is O=C1C2=CC=CCC2CS/C1=C\Cl. The summed E-state index contributed by atoms with van der Waals surface area (Å²) in [5.74, 6) is 1.49. The molecule has 0 aromatic rings. The first-order chi connectivity index (χ1) is 6.33. The van der Waals surface area contributed by atoms with Crippen molar-refractivity contribution in [3.05, 3.63) is 34.2 Å². The number of Topliss-reactive ketones (excluding diaryl/α,β-unsaturated/α-hetero) is 1. The number of thioether (sulfide) groups is 1. The van der Waals surface area contributed by atoms with Gasteiger partial charge < -0.3 is 0 Å². The van der Waals surface area contributed by atoms with Crippen LogP contribution in [0.25, 0.3) is 0 Å². The maximum atomic E-state index is 11.7. The minimum absolute atomic E-state index is 0.112. The smallest absolute Gasteiger partial charge is 0.196 e. The molecule has 0 bridgehead atoms. The van der Waals surface area contributed by atoms with Gasteiger partial charge in [0.15, 0.2) is 5.78 Å². The van der Waals surface area contributed by atoms with E-state index in [2.05, 4.69) is 6.08 Å². The van der Waals surface area contributed by atoms with Gasteiger partial charge in [0, 0.05) is 22.8 Å². The Morgan fingerprint density at radius 2 is 2.46 bits per heavy atom. The second kappa shape index (κ2) is 3.72. The third-order valence-corrected chi connectivity index (χ3v) is 3.83. The summed E-state index contributed by atoms with van der Waals surface area (Å²) in [7, 11) is 0. The minimum atomic E-state index is 0.112. The van der Waals surface area contributed by atoms with Crippen molar-refractivity contribution >= 4 is 29.1 Å². The number of carbonyl (C=O) groups is 1. The van der Waals surface area contributed by atoms with E-state index in [1.165, 1.54) is 5.54 Å². The lowest BCUT2D eigenvalue weighted by molar-refractivity contribution is -0.112. The molecule has 1 aliphatic carbocycles. The van der Waals surface area contributed by atoms with Gasteiger partial charge in [-0.05, 0) is 6.42 Å². The zero-order valence-corrected chi connectivity index (χ0v) is 8.57. The molecule has 2 aliphatic rings. The van der Waals surface area contributed by atoms with Gasteiger partial charge in [-0.25, -0.2) is 0 Å². The molecule has 1 saturated heterocycles. The zero-order valence-electron chi connectivity index (χ0n) is 7.00. The van der Waals surface area contributed by atoms with Crippen LogP contribution in [0.2, 0.25) is 0 Å². The Morgan fingerprint density at radius 3 is 3.23 bits per heavy atom. The van der Waals surface area contributed by atoms with Crippen molar-refractivity contribution in [2.75, 3.05) is 5.75 Å². The van der Waals surface area contributed by atoms with Gasteiger partial charge in [-0.2, -0.15) is 0 Å². The first kappa shape index (κ1) is 9.10. The summed E-state index contributed by atoms with van der Waals surface area (Å²) in [6.45, 7) is 0. The second-order valence-electron chi connectivity index (χ2n) is 3.10. The third kappa shape index (κ3) is 1.61. The lowest BCUT2D eigenvalue weighted by Crippen LogP contribution is -2.22. The Balaban J connectivity index is 2.32. The molecule has 1 heterocycles. The number of ketones is 1.